The van der Waals surface area contributed by atoms with Crippen molar-refractivity contribution in [3.05, 3.63) is 105 Å². The van der Waals surface area contributed by atoms with E-state index in [0.29, 0.717) is 12.0 Å². The first-order chi connectivity index (χ1) is 13.2. The summed E-state index contributed by atoms with van der Waals surface area (Å²) in [4.78, 5) is 26.2. The average Bonchev–Trinajstić information content (AvgIpc) is 3.22. The summed E-state index contributed by atoms with van der Waals surface area (Å²) in [7, 11) is 0. The molecule has 0 fully saturated rings. The minimum absolute atomic E-state index is 0.0170. The molecule has 2 heterocycles. The number of fused-ring (bicyclic) bond motifs is 1. The largest absolute Gasteiger partial charge is 0.422 e. The van der Waals surface area contributed by atoms with Gasteiger partial charge in [0.15, 0.2) is 0 Å². The van der Waals surface area contributed by atoms with Crippen LogP contribution in [0.1, 0.15) is 26.8 Å². The SMILES string of the molecule is O=C(NC(Cc1ccccc1)c1cccs1)c1cc2ccccc2oc1=O. The van der Waals surface area contributed by atoms with E-state index in [9.17, 15) is 9.59 Å². The van der Waals surface area contributed by atoms with E-state index in [1.54, 1.807) is 29.5 Å². The number of thiophene rings is 1. The zero-order valence-corrected chi connectivity index (χ0v) is 15.2. The summed E-state index contributed by atoms with van der Waals surface area (Å²) in [6.07, 6.45) is 0.645. The van der Waals surface area contributed by atoms with Gasteiger partial charge in [0.2, 0.25) is 0 Å². The second kappa shape index (κ2) is 7.60. The molecule has 0 saturated heterocycles. The quantitative estimate of drug-likeness (QED) is 0.520. The molecule has 4 rings (SSSR count). The van der Waals surface area contributed by atoms with Crippen molar-refractivity contribution >= 4 is 28.2 Å². The van der Waals surface area contributed by atoms with Crippen molar-refractivity contribution in [2.45, 2.75) is 12.5 Å². The highest BCUT2D eigenvalue weighted by Gasteiger charge is 2.20. The molecule has 1 N–H and O–H groups in total. The molecule has 1 amide bonds. The third-order valence-electron chi connectivity index (χ3n) is 4.36. The first-order valence-corrected chi connectivity index (χ1v) is 9.50. The molecule has 1 atom stereocenters. The fraction of sp³-hybridized carbons (Fsp3) is 0.0909. The molecular formula is C22H17NO3S. The molecule has 0 radical (unpaired) electrons. The van der Waals surface area contributed by atoms with Gasteiger partial charge in [0, 0.05) is 10.3 Å². The van der Waals surface area contributed by atoms with Crippen LogP contribution in [0.3, 0.4) is 0 Å². The molecule has 0 aliphatic heterocycles. The zero-order valence-electron chi connectivity index (χ0n) is 14.4. The van der Waals surface area contributed by atoms with E-state index in [1.807, 2.05) is 60.0 Å². The molecule has 4 nitrogen and oxygen atoms in total. The third-order valence-corrected chi connectivity index (χ3v) is 5.35. The number of hydrogen-bond acceptors (Lipinski definition) is 4. The van der Waals surface area contributed by atoms with E-state index in [0.717, 1.165) is 15.8 Å². The Morgan fingerprint density at radius 1 is 1.00 bits per heavy atom. The fourth-order valence-electron chi connectivity index (χ4n) is 3.02. The molecule has 0 spiro atoms. The molecule has 2 aromatic carbocycles. The zero-order chi connectivity index (χ0) is 18.6. The molecule has 0 aliphatic rings. The molecule has 0 bridgehead atoms. The van der Waals surface area contributed by atoms with Gasteiger partial charge in [-0.2, -0.15) is 0 Å². The van der Waals surface area contributed by atoms with Gasteiger partial charge in [-0.05, 0) is 35.6 Å². The van der Waals surface area contributed by atoms with Gasteiger partial charge < -0.3 is 9.73 Å². The maximum absolute atomic E-state index is 12.8. The summed E-state index contributed by atoms with van der Waals surface area (Å²) in [5.74, 6) is -0.427. The van der Waals surface area contributed by atoms with Crippen molar-refractivity contribution in [2.24, 2.45) is 0 Å². The van der Waals surface area contributed by atoms with Crippen molar-refractivity contribution in [1.82, 2.24) is 5.32 Å². The second-order valence-corrected chi connectivity index (χ2v) is 7.20. The third kappa shape index (κ3) is 3.83. The van der Waals surface area contributed by atoms with E-state index in [-0.39, 0.29) is 11.6 Å². The molecule has 5 heteroatoms. The van der Waals surface area contributed by atoms with Crippen LogP contribution >= 0.6 is 11.3 Å². The Hall–Kier alpha value is -3.18. The number of amides is 1. The number of nitrogens with one attached hydrogen (secondary N) is 1. The van der Waals surface area contributed by atoms with E-state index >= 15 is 0 Å². The van der Waals surface area contributed by atoms with Gasteiger partial charge in [-0.15, -0.1) is 11.3 Å². The Morgan fingerprint density at radius 3 is 2.56 bits per heavy atom. The van der Waals surface area contributed by atoms with Crippen LogP contribution in [-0.2, 0) is 6.42 Å². The Balaban J connectivity index is 1.64. The van der Waals surface area contributed by atoms with Gasteiger partial charge in [-0.25, -0.2) is 4.79 Å². The van der Waals surface area contributed by atoms with Gasteiger partial charge in [0.25, 0.3) is 5.91 Å². The Kier molecular flexibility index (Phi) is 4.85. The fourth-order valence-corrected chi connectivity index (χ4v) is 3.80. The maximum atomic E-state index is 12.8. The number of rotatable bonds is 5. The molecular weight excluding hydrogens is 358 g/mol. The molecule has 27 heavy (non-hydrogen) atoms. The lowest BCUT2D eigenvalue weighted by Crippen LogP contribution is -2.32. The minimum atomic E-state index is -0.629. The Morgan fingerprint density at radius 2 is 1.78 bits per heavy atom. The maximum Gasteiger partial charge on any atom is 0.349 e. The van der Waals surface area contributed by atoms with Crippen LogP contribution in [-0.4, -0.2) is 5.91 Å². The summed E-state index contributed by atoms with van der Waals surface area (Å²) in [5.41, 5.74) is 0.971. The number of benzene rings is 2. The van der Waals surface area contributed by atoms with E-state index < -0.39 is 11.5 Å². The summed E-state index contributed by atoms with van der Waals surface area (Å²) in [6.45, 7) is 0. The Labute approximate surface area is 160 Å². The van der Waals surface area contributed by atoms with E-state index in [1.165, 1.54) is 0 Å². The number of para-hydroxylation sites is 1. The number of carbonyl (C=O) groups is 1. The Bertz CT molecular complexity index is 1120. The van der Waals surface area contributed by atoms with Crippen LogP contribution in [0.15, 0.2) is 87.4 Å². The van der Waals surface area contributed by atoms with Crippen LogP contribution in [0.5, 0.6) is 0 Å². The first-order valence-electron chi connectivity index (χ1n) is 8.62. The predicted molar refractivity (Wildman–Crippen MR) is 107 cm³/mol. The lowest BCUT2D eigenvalue weighted by molar-refractivity contribution is 0.0933. The van der Waals surface area contributed by atoms with E-state index in [4.69, 9.17) is 4.42 Å². The van der Waals surface area contributed by atoms with Crippen LogP contribution in [0, 0.1) is 0 Å². The smallest absolute Gasteiger partial charge is 0.349 e. The van der Waals surface area contributed by atoms with Crippen molar-refractivity contribution in [3.63, 3.8) is 0 Å². The standard InChI is InChI=1S/C22H17NO3S/c24-21(17-14-16-9-4-5-10-19(16)26-22(17)25)23-18(20-11-6-12-27-20)13-15-7-2-1-3-8-15/h1-12,14,18H,13H2,(H,23,24). The minimum Gasteiger partial charge on any atom is -0.422 e. The number of hydrogen-bond donors (Lipinski definition) is 1. The summed E-state index contributed by atoms with van der Waals surface area (Å²) in [6, 6.07) is 22.4. The molecule has 1 unspecified atom stereocenters. The lowest BCUT2D eigenvalue weighted by atomic mass is 10.0. The highest BCUT2D eigenvalue weighted by Crippen LogP contribution is 2.23. The van der Waals surface area contributed by atoms with Crippen molar-refractivity contribution in [3.8, 4) is 0 Å². The van der Waals surface area contributed by atoms with Crippen LogP contribution in [0.2, 0.25) is 0 Å². The molecule has 0 saturated carbocycles. The topological polar surface area (TPSA) is 59.3 Å². The molecule has 4 aromatic rings. The summed E-state index contributed by atoms with van der Waals surface area (Å²) >= 11 is 1.58. The average molecular weight is 375 g/mol. The van der Waals surface area contributed by atoms with Crippen molar-refractivity contribution < 1.29 is 9.21 Å². The van der Waals surface area contributed by atoms with E-state index in [2.05, 4.69) is 5.32 Å². The van der Waals surface area contributed by atoms with Crippen molar-refractivity contribution in [2.75, 3.05) is 0 Å². The van der Waals surface area contributed by atoms with Crippen LogP contribution < -0.4 is 10.9 Å². The first kappa shape index (κ1) is 17.2. The van der Waals surface area contributed by atoms with Crippen LogP contribution in [0.25, 0.3) is 11.0 Å². The predicted octanol–water partition coefficient (Wildman–Crippen LogP) is 4.57. The molecule has 0 aliphatic carbocycles. The monoisotopic (exact) mass is 375 g/mol. The van der Waals surface area contributed by atoms with Gasteiger partial charge in [0.1, 0.15) is 11.1 Å². The normalized spacial score (nSPS) is 12.0. The second-order valence-electron chi connectivity index (χ2n) is 6.22. The van der Waals surface area contributed by atoms with Gasteiger partial charge in [-0.1, -0.05) is 54.6 Å². The van der Waals surface area contributed by atoms with Crippen LogP contribution in [0.4, 0.5) is 0 Å². The van der Waals surface area contributed by atoms with Gasteiger partial charge >= 0.3 is 5.63 Å². The molecule has 134 valence electrons. The summed E-state index contributed by atoms with van der Waals surface area (Å²) < 4.78 is 5.29. The van der Waals surface area contributed by atoms with Gasteiger partial charge in [-0.3, -0.25) is 4.79 Å². The highest BCUT2D eigenvalue weighted by atomic mass is 32.1. The van der Waals surface area contributed by atoms with Gasteiger partial charge in [0.05, 0.1) is 6.04 Å². The molecule has 2 aromatic heterocycles. The lowest BCUT2D eigenvalue weighted by Gasteiger charge is -2.17. The highest BCUT2D eigenvalue weighted by molar-refractivity contribution is 7.10. The number of carbonyl (C=O) groups excluding carboxylic acids is 1. The summed E-state index contributed by atoms with van der Waals surface area (Å²) in [5, 5.41) is 5.70. The van der Waals surface area contributed by atoms with Crippen molar-refractivity contribution in [1.29, 1.82) is 0 Å².